The van der Waals surface area contributed by atoms with Crippen LogP contribution < -0.4 is 37.7 Å². The van der Waals surface area contributed by atoms with Crippen LogP contribution in [-0.4, -0.2) is 15.2 Å². The first kappa shape index (κ1) is 24.8. The molecule has 0 heterocycles. The monoisotopic (exact) mass is 374 g/mol. The number of thioether (sulfide) groups is 2. The van der Waals surface area contributed by atoms with E-state index in [0.29, 0.717) is 0 Å². The molecule has 0 amide bonds. The SMILES string of the molecule is C[Si](C)([CH-]Sc1ccccc1)[Si](C)(C)[CH-]Sc1ccccc1.[Li+].[Li+]. The molecule has 0 spiro atoms. The molecule has 2 aromatic carbocycles. The topological polar surface area (TPSA) is 0 Å². The first-order valence-electron chi connectivity index (χ1n) is 7.53. The largest absolute Gasteiger partial charge is 1.00 e. The smallest absolute Gasteiger partial charge is 0.318 e. The van der Waals surface area contributed by atoms with Gasteiger partial charge in [-0.2, -0.15) is 0 Å². The van der Waals surface area contributed by atoms with Crippen LogP contribution in [0.2, 0.25) is 26.2 Å². The normalized spacial score (nSPS) is 11.3. The van der Waals surface area contributed by atoms with Crippen LogP contribution in [0.15, 0.2) is 70.5 Å². The van der Waals surface area contributed by atoms with E-state index in [2.05, 4.69) is 97.6 Å². The summed E-state index contributed by atoms with van der Waals surface area (Å²) in [6, 6.07) is 21.4. The number of benzene rings is 2. The van der Waals surface area contributed by atoms with E-state index in [9.17, 15) is 0 Å². The zero-order chi connectivity index (χ0) is 16.1. The van der Waals surface area contributed by atoms with Gasteiger partial charge in [0, 0.05) is 0 Å². The van der Waals surface area contributed by atoms with Crippen molar-refractivity contribution in [2.75, 3.05) is 0 Å². The molecule has 0 aliphatic heterocycles. The molecule has 24 heavy (non-hydrogen) atoms. The Kier molecular flexibility index (Phi) is 11.8. The predicted octanol–water partition coefficient (Wildman–Crippen LogP) is 0.476. The molecule has 0 saturated carbocycles. The first-order valence-corrected chi connectivity index (χ1v) is 16.4. The fourth-order valence-electron chi connectivity index (χ4n) is 1.73. The molecular formula is C18H24Li2S2Si2. The molecule has 0 aliphatic carbocycles. The maximum Gasteiger partial charge on any atom is 1.00 e. The van der Waals surface area contributed by atoms with E-state index in [-0.39, 0.29) is 37.7 Å². The summed E-state index contributed by atoms with van der Waals surface area (Å²) in [4.78, 5) is 2.70. The minimum absolute atomic E-state index is 0. The van der Waals surface area contributed by atoms with Crippen LogP contribution in [0.5, 0.6) is 0 Å². The molecule has 0 fully saturated rings. The van der Waals surface area contributed by atoms with E-state index >= 15 is 0 Å². The van der Waals surface area contributed by atoms with E-state index in [0.717, 1.165) is 0 Å². The second kappa shape index (κ2) is 11.5. The Hall–Kier alpha value is 0.769. The summed E-state index contributed by atoms with van der Waals surface area (Å²) in [5.74, 6) is 0. The minimum atomic E-state index is -1.37. The van der Waals surface area contributed by atoms with E-state index < -0.39 is 15.2 Å². The Balaban J connectivity index is 0.00000264. The Labute approximate surface area is 182 Å². The first-order chi connectivity index (χ1) is 10.4. The molecule has 6 heteroatoms. The van der Waals surface area contributed by atoms with Crippen molar-refractivity contribution in [2.24, 2.45) is 0 Å². The summed E-state index contributed by atoms with van der Waals surface area (Å²) in [7, 11) is -2.73. The van der Waals surface area contributed by atoms with Crippen LogP contribution >= 0.6 is 23.5 Å². The zero-order valence-electron chi connectivity index (χ0n) is 15.7. The fraction of sp³-hybridized carbons (Fsp3) is 0.222. The van der Waals surface area contributed by atoms with Gasteiger partial charge in [-0.25, -0.2) is 0 Å². The third kappa shape index (κ3) is 7.56. The molecule has 0 bridgehead atoms. The van der Waals surface area contributed by atoms with Crippen LogP contribution in [0.25, 0.3) is 0 Å². The van der Waals surface area contributed by atoms with E-state index in [4.69, 9.17) is 0 Å². The van der Waals surface area contributed by atoms with Crippen molar-refractivity contribution in [2.45, 2.75) is 36.0 Å². The predicted molar refractivity (Wildman–Crippen MR) is 108 cm³/mol. The molecule has 0 radical (unpaired) electrons. The van der Waals surface area contributed by atoms with Crippen LogP contribution in [0.3, 0.4) is 0 Å². The molecule has 0 aliphatic rings. The van der Waals surface area contributed by atoms with Crippen LogP contribution in [0.4, 0.5) is 0 Å². The van der Waals surface area contributed by atoms with Gasteiger partial charge in [0.2, 0.25) is 0 Å². The van der Waals surface area contributed by atoms with E-state index in [1.165, 1.54) is 9.79 Å². The number of rotatable bonds is 7. The van der Waals surface area contributed by atoms with Gasteiger partial charge in [-0.3, -0.25) is 10.8 Å². The molecule has 0 unspecified atom stereocenters. The molecule has 2 aromatic rings. The Morgan fingerprint density at radius 3 is 1.17 bits per heavy atom. The van der Waals surface area contributed by atoms with Gasteiger partial charge in [-0.1, -0.05) is 86.9 Å². The molecule has 0 aromatic heterocycles. The summed E-state index contributed by atoms with van der Waals surface area (Å²) in [6.07, 6.45) is 0. The van der Waals surface area contributed by atoms with Crippen LogP contribution in [0.1, 0.15) is 0 Å². The van der Waals surface area contributed by atoms with Crippen molar-refractivity contribution < 1.29 is 37.7 Å². The third-order valence-corrected chi connectivity index (χ3v) is 26.3. The third-order valence-electron chi connectivity index (χ3n) is 4.13. The van der Waals surface area contributed by atoms with Gasteiger partial charge < -0.3 is 23.5 Å². The van der Waals surface area contributed by atoms with Gasteiger partial charge in [-0.05, 0) is 9.79 Å². The van der Waals surface area contributed by atoms with Gasteiger partial charge in [0.05, 0.1) is 0 Å². The molecule has 2 rings (SSSR count). The maximum atomic E-state index is 2.57. The summed E-state index contributed by atoms with van der Waals surface area (Å²) >= 11 is 3.84. The number of hydrogen-bond acceptors (Lipinski definition) is 2. The van der Waals surface area contributed by atoms with E-state index in [1.54, 1.807) is 0 Å². The van der Waals surface area contributed by atoms with Gasteiger partial charge >= 0.3 is 37.7 Å². The second-order valence-corrected chi connectivity index (χ2v) is 24.5. The molecule has 118 valence electrons. The quantitative estimate of drug-likeness (QED) is 0.393. The van der Waals surface area contributed by atoms with Gasteiger partial charge in [0.25, 0.3) is 0 Å². The fourth-order valence-corrected chi connectivity index (χ4v) is 14.8. The Morgan fingerprint density at radius 2 is 0.875 bits per heavy atom. The van der Waals surface area contributed by atoms with Gasteiger partial charge in [0.15, 0.2) is 0 Å². The van der Waals surface area contributed by atoms with Crippen molar-refractivity contribution >= 4 is 38.7 Å². The zero-order valence-corrected chi connectivity index (χ0v) is 19.4. The van der Waals surface area contributed by atoms with Crippen molar-refractivity contribution in [3.8, 4) is 0 Å². The summed E-state index contributed by atoms with van der Waals surface area (Å²) in [5.41, 5.74) is 0. The average Bonchev–Trinajstić information content (AvgIpc) is 2.53. The van der Waals surface area contributed by atoms with Gasteiger partial charge in [-0.15, -0.1) is 15.2 Å². The minimum Gasteiger partial charge on any atom is -0.318 e. The molecule has 0 N–H and O–H groups in total. The molecule has 0 saturated heterocycles. The standard InChI is InChI=1S/C18H24S2Si2.2Li/c1-21(2,15-19-17-11-7-5-8-12-17)22(3,4)16-20-18-13-9-6-10-14-18;;/h5-16H,1-4H3;;/q-2;2*+1. The summed E-state index contributed by atoms with van der Waals surface area (Å²) < 4.78 is 0. The van der Waals surface area contributed by atoms with E-state index in [1.807, 2.05) is 23.5 Å². The summed E-state index contributed by atoms with van der Waals surface area (Å²) in [5, 5.41) is 5.13. The second-order valence-electron chi connectivity index (χ2n) is 6.54. The Bertz CT molecular complexity index is 525. The van der Waals surface area contributed by atoms with Crippen molar-refractivity contribution in [1.82, 2.24) is 0 Å². The van der Waals surface area contributed by atoms with Crippen molar-refractivity contribution in [3.63, 3.8) is 0 Å². The summed E-state index contributed by atoms with van der Waals surface area (Å²) in [6.45, 7) is 10.0. The average molecular weight is 375 g/mol. The number of hydrogen-bond donors (Lipinski definition) is 0. The van der Waals surface area contributed by atoms with Gasteiger partial charge in [0.1, 0.15) is 0 Å². The molecule has 0 atom stereocenters. The Morgan fingerprint density at radius 1 is 0.583 bits per heavy atom. The van der Waals surface area contributed by atoms with Crippen molar-refractivity contribution in [1.29, 1.82) is 0 Å². The molecular weight excluding hydrogens is 350 g/mol. The van der Waals surface area contributed by atoms with Crippen molar-refractivity contribution in [3.05, 3.63) is 71.4 Å². The maximum absolute atomic E-state index is 2.57. The molecule has 0 nitrogen and oxygen atoms in total. The van der Waals surface area contributed by atoms with Crippen LogP contribution in [-0.2, 0) is 0 Å². The van der Waals surface area contributed by atoms with Crippen LogP contribution in [0, 0.1) is 10.8 Å².